The highest BCUT2D eigenvalue weighted by Gasteiger charge is 2.14. The molecule has 0 bridgehead atoms. The quantitative estimate of drug-likeness (QED) is 0.887. The second-order valence-corrected chi connectivity index (χ2v) is 3.99. The van der Waals surface area contributed by atoms with Gasteiger partial charge in [-0.3, -0.25) is 4.90 Å². The summed E-state index contributed by atoms with van der Waals surface area (Å²) in [5.41, 5.74) is 6.91. The summed E-state index contributed by atoms with van der Waals surface area (Å²) in [6.07, 6.45) is 1.54. The Hall–Kier alpha value is -2.56. The van der Waals surface area contributed by atoms with E-state index in [1.165, 1.54) is 6.20 Å². The molecular weight excluding hydrogens is 240 g/mol. The van der Waals surface area contributed by atoms with E-state index in [1.807, 2.05) is 37.3 Å². The molecule has 0 fully saturated rings. The van der Waals surface area contributed by atoms with Crippen molar-refractivity contribution in [3.63, 3.8) is 0 Å². The molecule has 98 valence electrons. The van der Waals surface area contributed by atoms with Crippen molar-refractivity contribution in [2.45, 2.75) is 6.92 Å². The third-order valence-electron chi connectivity index (χ3n) is 2.63. The van der Waals surface area contributed by atoms with Crippen molar-refractivity contribution in [3.05, 3.63) is 48.7 Å². The van der Waals surface area contributed by atoms with Crippen molar-refractivity contribution in [1.82, 2.24) is 4.98 Å². The Bertz CT molecular complexity index is 539. The van der Waals surface area contributed by atoms with E-state index < -0.39 is 0 Å². The number of para-hydroxylation sites is 1. The molecule has 2 amide bonds. The average molecular weight is 256 g/mol. The number of benzene rings is 1. The zero-order valence-corrected chi connectivity index (χ0v) is 10.7. The summed E-state index contributed by atoms with van der Waals surface area (Å²) < 4.78 is 0. The summed E-state index contributed by atoms with van der Waals surface area (Å²) in [5.74, 6) is 0.574. The summed E-state index contributed by atoms with van der Waals surface area (Å²) in [4.78, 5) is 17.9. The molecule has 1 aromatic carbocycles. The monoisotopic (exact) mass is 256 g/mol. The zero-order valence-electron chi connectivity index (χ0n) is 10.7. The van der Waals surface area contributed by atoms with Gasteiger partial charge in [0.25, 0.3) is 0 Å². The Morgan fingerprint density at radius 3 is 2.58 bits per heavy atom. The van der Waals surface area contributed by atoms with E-state index in [0.29, 0.717) is 18.1 Å². The number of urea groups is 1. The zero-order chi connectivity index (χ0) is 13.7. The standard InChI is InChI=1S/C14H16N4O/c1-2-18(13-9-8-11(15)10-16-13)14(19)17-12-6-4-3-5-7-12/h3-10H,2,15H2,1H3,(H,17,19). The van der Waals surface area contributed by atoms with Gasteiger partial charge in [-0.15, -0.1) is 0 Å². The lowest BCUT2D eigenvalue weighted by molar-refractivity contribution is 0.257. The van der Waals surface area contributed by atoms with Gasteiger partial charge < -0.3 is 11.1 Å². The van der Waals surface area contributed by atoms with Gasteiger partial charge in [0.15, 0.2) is 0 Å². The Morgan fingerprint density at radius 1 is 1.26 bits per heavy atom. The maximum absolute atomic E-state index is 12.2. The number of hydrogen-bond donors (Lipinski definition) is 2. The molecule has 0 unspecified atom stereocenters. The van der Waals surface area contributed by atoms with E-state index in [4.69, 9.17) is 5.73 Å². The fourth-order valence-corrected chi connectivity index (χ4v) is 1.68. The molecule has 0 atom stereocenters. The molecule has 0 radical (unpaired) electrons. The molecule has 0 saturated carbocycles. The predicted octanol–water partition coefficient (Wildman–Crippen LogP) is 2.72. The number of nitrogen functional groups attached to an aromatic ring is 1. The van der Waals surface area contributed by atoms with Crippen molar-refractivity contribution in [1.29, 1.82) is 0 Å². The van der Waals surface area contributed by atoms with Crippen molar-refractivity contribution in [2.24, 2.45) is 0 Å². The van der Waals surface area contributed by atoms with E-state index in [9.17, 15) is 4.79 Å². The number of amides is 2. The lowest BCUT2D eigenvalue weighted by Crippen LogP contribution is -2.35. The van der Waals surface area contributed by atoms with Crippen LogP contribution in [-0.4, -0.2) is 17.6 Å². The molecule has 0 spiro atoms. The van der Waals surface area contributed by atoms with Gasteiger partial charge in [0.1, 0.15) is 5.82 Å². The maximum atomic E-state index is 12.2. The van der Waals surface area contributed by atoms with Crippen LogP contribution in [0.15, 0.2) is 48.7 Å². The number of nitrogens with two attached hydrogens (primary N) is 1. The molecule has 0 aliphatic rings. The fourth-order valence-electron chi connectivity index (χ4n) is 1.68. The lowest BCUT2D eigenvalue weighted by atomic mass is 10.3. The first-order chi connectivity index (χ1) is 9.20. The number of aromatic nitrogens is 1. The number of nitrogens with one attached hydrogen (secondary N) is 1. The Balaban J connectivity index is 2.13. The van der Waals surface area contributed by atoms with Crippen LogP contribution >= 0.6 is 0 Å². The Morgan fingerprint density at radius 2 is 2.00 bits per heavy atom. The molecule has 3 N–H and O–H groups in total. The van der Waals surface area contributed by atoms with Crippen LogP contribution < -0.4 is 16.0 Å². The summed E-state index contributed by atoms with van der Waals surface area (Å²) in [6.45, 7) is 2.41. The molecular formula is C14H16N4O. The van der Waals surface area contributed by atoms with Gasteiger partial charge in [-0.05, 0) is 31.2 Å². The van der Waals surface area contributed by atoms with Crippen molar-refractivity contribution >= 4 is 23.2 Å². The minimum atomic E-state index is -0.217. The smallest absolute Gasteiger partial charge is 0.327 e. The van der Waals surface area contributed by atoms with Gasteiger partial charge in [0.2, 0.25) is 0 Å². The maximum Gasteiger partial charge on any atom is 0.327 e. The second kappa shape index (κ2) is 5.86. The predicted molar refractivity (Wildman–Crippen MR) is 77.1 cm³/mol. The van der Waals surface area contributed by atoms with Crippen LogP contribution in [0.4, 0.5) is 22.0 Å². The number of carbonyl (C=O) groups excluding carboxylic acids is 1. The Labute approximate surface area is 112 Å². The van der Waals surface area contributed by atoms with Crippen LogP contribution in [0.1, 0.15) is 6.92 Å². The third-order valence-corrected chi connectivity index (χ3v) is 2.63. The highest BCUT2D eigenvalue weighted by Crippen LogP contribution is 2.14. The lowest BCUT2D eigenvalue weighted by Gasteiger charge is -2.20. The SMILES string of the molecule is CCN(C(=O)Nc1ccccc1)c1ccc(N)cn1. The van der Waals surface area contributed by atoms with Crippen LogP contribution in [0.5, 0.6) is 0 Å². The summed E-state index contributed by atoms with van der Waals surface area (Å²) in [6, 6.07) is 12.5. The van der Waals surface area contributed by atoms with E-state index in [-0.39, 0.29) is 6.03 Å². The number of rotatable bonds is 3. The van der Waals surface area contributed by atoms with Crippen LogP contribution in [0.25, 0.3) is 0 Å². The van der Waals surface area contributed by atoms with Crippen LogP contribution in [0.2, 0.25) is 0 Å². The van der Waals surface area contributed by atoms with E-state index in [1.54, 1.807) is 17.0 Å². The van der Waals surface area contributed by atoms with Gasteiger partial charge >= 0.3 is 6.03 Å². The number of nitrogens with zero attached hydrogens (tertiary/aromatic N) is 2. The normalized spacial score (nSPS) is 9.95. The van der Waals surface area contributed by atoms with E-state index in [0.717, 1.165) is 5.69 Å². The molecule has 2 rings (SSSR count). The first-order valence-corrected chi connectivity index (χ1v) is 6.06. The van der Waals surface area contributed by atoms with Gasteiger partial charge in [-0.25, -0.2) is 9.78 Å². The number of hydrogen-bond acceptors (Lipinski definition) is 3. The van der Waals surface area contributed by atoms with Crippen LogP contribution in [-0.2, 0) is 0 Å². The third kappa shape index (κ3) is 3.22. The van der Waals surface area contributed by atoms with Gasteiger partial charge in [-0.2, -0.15) is 0 Å². The molecule has 2 aromatic rings. The van der Waals surface area contributed by atoms with E-state index in [2.05, 4.69) is 10.3 Å². The van der Waals surface area contributed by atoms with Crippen LogP contribution in [0, 0.1) is 0 Å². The van der Waals surface area contributed by atoms with Gasteiger partial charge in [0.05, 0.1) is 11.9 Å². The van der Waals surface area contributed by atoms with Crippen LogP contribution in [0.3, 0.4) is 0 Å². The first kappa shape index (κ1) is 12.9. The number of anilines is 3. The van der Waals surface area contributed by atoms with E-state index >= 15 is 0 Å². The van der Waals surface area contributed by atoms with Crippen molar-refractivity contribution < 1.29 is 4.79 Å². The summed E-state index contributed by atoms with van der Waals surface area (Å²) in [5, 5.41) is 2.82. The topological polar surface area (TPSA) is 71.2 Å². The highest BCUT2D eigenvalue weighted by atomic mass is 16.2. The average Bonchev–Trinajstić information content (AvgIpc) is 2.43. The molecule has 19 heavy (non-hydrogen) atoms. The van der Waals surface area contributed by atoms with Crippen molar-refractivity contribution in [2.75, 3.05) is 22.5 Å². The molecule has 0 aliphatic heterocycles. The number of carbonyl (C=O) groups is 1. The summed E-state index contributed by atoms with van der Waals surface area (Å²) >= 11 is 0. The number of pyridine rings is 1. The Kier molecular flexibility index (Phi) is 3.97. The molecule has 0 aliphatic carbocycles. The molecule has 5 nitrogen and oxygen atoms in total. The minimum Gasteiger partial charge on any atom is -0.397 e. The molecule has 1 heterocycles. The van der Waals surface area contributed by atoms with Gasteiger partial charge in [0, 0.05) is 12.2 Å². The highest BCUT2D eigenvalue weighted by molar-refractivity contribution is 6.01. The minimum absolute atomic E-state index is 0.217. The molecule has 0 saturated heterocycles. The molecule has 5 heteroatoms. The first-order valence-electron chi connectivity index (χ1n) is 6.06. The fraction of sp³-hybridized carbons (Fsp3) is 0.143. The van der Waals surface area contributed by atoms with Crippen molar-refractivity contribution in [3.8, 4) is 0 Å². The van der Waals surface area contributed by atoms with Gasteiger partial charge in [-0.1, -0.05) is 18.2 Å². The second-order valence-electron chi connectivity index (χ2n) is 3.99. The summed E-state index contributed by atoms with van der Waals surface area (Å²) in [7, 11) is 0. The largest absolute Gasteiger partial charge is 0.397 e. The molecule has 1 aromatic heterocycles.